The van der Waals surface area contributed by atoms with E-state index in [9.17, 15) is 4.79 Å². The minimum absolute atomic E-state index is 0.0462. The van der Waals surface area contributed by atoms with E-state index in [-0.39, 0.29) is 11.6 Å². The summed E-state index contributed by atoms with van der Waals surface area (Å²) < 4.78 is 0.982. The van der Waals surface area contributed by atoms with E-state index in [4.69, 9.17) is 0 Å². The summed E-state index contributed by atoms with van der Waals surface area (Å²) in [6, 6.07) is 7.70. The first-order chi connectivity index (χ1) is 10.1. The van der Waals surface area contributed by atoms with Gasteiger partial charge in [0, 0.05) is 15.7 Å². The summed E-state index contributed by atoms with van der Waals surface area (Å²) in [7, 11) is 0. The van der Waals surface area contributed by atoms with Crippen LogP contribution in [0, 0.1) is 17.8 Å². The lowest BCUT2D eigenvalue weighted by Gasteiger charge is -2.56. The number of amides is 2. The van der Waals surface area contributed by atoms with Crippen LogP contribution in [0.2, 0.25) is 0 Å². The molecule has 0 radical (unpaired) electrons. The van der Waals surface area contributed by atoms with Crippen LogP contribution >= 0.6 is 15.9 Å². The largest absolute Gasteiger partial charge is 0.332 e. The molecule has 0 aliphatic heterocycles. The number of halogens is 1. The van der Waals surface area contributed by atoms with E-state index < -0.39 is 0 Å². The molecular weight excluding hydrogens is 328 g/mol. The molecule has 5 rings (SSSR count). The van der Waals surface area contributed by atoms with Crippen molar-refractivity contribution < 1.29 is 4.79 Å². The Morgan fingerprint density at radius 3 is 2.29 bits per heavy atom. The Hall–Kier alpha value is -1.03. The van der Waals surface area contributed by atoms with E-state index in [0.717, 1.165) is 27.9 Å². The molecule has 4 bridgehead atoms. The number of benzene rings is 1. The third-order valence-electron chi connectivity index (χ3n) is 5.50. The van der Waals surface area contributed by atoms with Crippen LogP contribution in [0.5, 0.6) is 0 Å². The van der Waals surface area contributed by atoms with Gasteiger partial charge in [0.25, 0.3) is 0 Å². The van der Waals surface area contributed by atoms with Crippen LogP contribution in [0.3, 0.4) is 0 Å². The highest BCUT2D eigenvalue weighted by molar-refractivity contribution is 9.10. The van der Waals surface area contributed by atoms with Gasteiger partial charge < -0.3 is 10.6 Å². The van der Waals surface area contributed by atoms with Crippen LogP contribution in [0.25, 0.3) is 0 Å². The zero-order valence-corrected chi connectivity index (χ0v) is 13.7. The molecule has 4 aliphatic rings. The number of carbonyl (C=O) groups is 1. The predicted octanol–water partition coefficient (Wildman–Crippen LogP) is 4.54. The highest BCUT2D eigenvalue weighted by Gasteiger charge is 2.51. The van der Waals surface area contributed by atoms with Gasteiger partial charge in [0.1, 0.15) is 0 Å². The summed E-state index contributed by atoms with van der Waals surface area (Å²) in [6.07, 6.45) is 7.75. The quantitative estimate of drug-likeness (QED) is 0.809. The Morgan fingerprint density at radius 1 is 1.10 bits per heavy atom. The molecule has 0 atom stereocenters. The number of nitrogens with one attached hydrogen (secondary N) is 2. The smallest absolute Gasteiger partial charge is 0.319 e. The first-order valence-electron chi connectivity index (χ1n) is 7.95. The van der Waals surface area contributed by atoms with Crippen molar-refractivity contribution in [3.8, 4) is 0 Å². The summed E-state index contributed by atoms with van der Waals surface area (Å²) in [5.41, 5.74) is 0.914. The van der Waals surface area contributed by atoms with Crippen molar-refractivity contribution >= 4 is 27.6 Å². The van der Waals surface area contributed by atoms with E-state index in [1.807, 2.05) is 24.3 Å². The molecule has 1 aromatic rings. The van der Waals surface area contributed by atoms with Crippen LogP contribution in [0.4, 0.5) is 10.5 Å². The van der Waals surface area contributed by atoms with Crippen LogP contribution in [0.15, 0.2) is 28.7 Å². The molecule has 4 fully saturated rings. The SMILES string of the molecule is O=C(Nc1cccc(Br)c1)NC12CC3CC(CC(C3)C1)C2. The molecule has 0 aromatic heterocycles. The molecule has 0 unspecified atom stereocenters. The minimum atomic E-state index is -0.0462. The lowest BCUT2D eigenvalue weighted by atomic mass is 9.53. The van der Waals surface area contributed by atoms with E-state index >= 15 is 0 Å². The van der Waals surface area contributed by atoms with Crippen LogP contribution in [0.1, 0.15) is 38.5 Å². The van der Waals surface area contributed by atoms with Crippen molar-refractivity contribution in [2.24, 2.45) is 17.8 Å². The lowest BCUT2D eigenvalue weighted by molar-refractivity contribution is -0.0127. The van der Waals surface area contributed by atoms with Crippen molar-refractivity contribution in [2.75, 3.05) is 5.32 Å². The fraction of sp³-hybridized carbons (Fsp3) is 0.588. The molecule has 1 aromatic carbocycles. The van der Waals surface area contributed by atoms with Gasteiger partial charge >= 0.3 is 6.03 Å². The highest BCUT2D eigenvalue weighted by atomic mass is 79.9. The molecule has 0 heterocycles. The van der Waals surface area contributed by atoms with Gasteiger partial charge in [-0.15, -0.1) is 0 Å². The monoisotopic (exact) mass is 348 g/mol. The van der Waals surface area contributed by atoms with Gasteiger partial charge in [-0.2, -0.15) is 0 Å². The van der Waals surface area contributed by atoms with Gasteiger partial charge in [-0.1, -0.05) is 22.0 Å². The van der Waals surface area contributed by atoms with Crippen LogP contribution < -0.4 is 10.6 Å². The van der Waals surface area contributed by atoms with Crippen LogP contribution in [-0.2, 0) is 0 Å². The standard InChI is InChI=1S/C17H21BrN2O/c18-14-2-1-3-15(7-14)19-16(21)20-17-8-11-4-12(9-17)6-13(5-11)10-17/h1-3,7,11-13H,4-6,8-10H2,(H2,19,20,21). The molecule has 4 heteroatoms. The number of anilines is 1. The molecule has 2 amide bonds. The molecule has 3 nitrogen and oxygen atoms in total. The second-order valence-corrected chi connectivity index (χ2v) is 8.20. The maximum absolute atomic E-state index is 12.4. The summed E-state index contributed by atoms with van der Waals surface area (Å²) >= 11 is 3.43. The van der Waals surface area contributed by atoms with Gasteiger partial charge in [-0.25, -0.2) is 4.79 Å². The van der Waals surface area contributed by atoms with E-state index in [1.54, 1.807) is 0 Å². The molecule has 21 heavy (non-hydrogen) atoms. The normalized spacial score (nSPS) is 36.5. The van der Waals surface area contributed by atoms with Gasteiger partial charge in [-0.3, -0.25) is 0 Å². The maximum atomic E-state index is 12.4. The fourth-order valence-corrected chi connectivity index (χ4v) is 5.63. The van der Waals surface area contributed by atoms with Crippen molar-refractivity contribution in [3.63, 3.8) is 0 Å². The first kappa shape index (κ1) is 13.6. The summed E-state index contributed by atoms with van der Waals surface area (Å²) in [6.45, 7) is 0. The Kier molecular flexibility index (Phi) is 3.25. The fourth-order valence-electron chi connectivity index (χ4n) is 5.23. The third-order valence-corrected chi connectivity index (χ3v) is 5.99. The highest BCUT2D eigenvalue weighted by Crippen LogP contribution is 2.55. The van der Waals surface area contributed by atoms with Crippen molar-refractivity contribution in [3.05, 3.63) is 28.7 Å². The minimum Gasteiger partial charge on any atom is -0.332 e. The molecule has 4 aliphatic carbocycles. The molecule has 4 saturated carbocycles. The topological polar surface area (TPSA) is 41.1 Å². The van der Waals surface area contributed by atoms with E-state index in [1.165, 1.54) is 38.5 Å². The van der Waals surface area contributed by atoms with E-state index in [2.05, 4.69) is 26.6 Å². The molecule has 2 N–H and O–H groups in total. The van der Waals surface area contributed by atoms with Gasteiger partial charge in [0.2, 0.25) is 0 Å². The second-order valence-electron chi connectivity index (χ2n) is 7.29. The number of carbonyl (C=O) groups excluding carboxylic acids is 1. The molecular formula is C17H21BrN2O. The Morgan fingerprint density at radius 2 is 1.71 bits per heavy atom. The van der Waals surface area contributed by atoms with Crippen molar-refractivity contribution in [1.29, 1.82) is 0 Å². The van der Waals surface area contributed by atoms with Gasteiger partial charge in [0.05, 0.1) is 0 Å². The Balaban J connectivity index is 1.45. The number of hydrogen-bond donors (Lipinski definition) is 2. The summed E-state index contributed by atoms with van der Waals surface area (Å²) in [4.78, 5) is 12.4. The number of urea groups is 1. The lowest BCUT2D eigenvalue weighted by Crippen LogP contribution is -2.60. The second kappa shape index (κ2) is 5.01. The summed E-state index contributed by atoms with van der Waals surface area (Å²) in [5.74, 6) is 2.55. The first-order valence-corrected chi connectivity index (χ1v) is 8.74. The average molecular weight is 349 g/mol. The van der Waals surface area contributed by atoms with Crippen molar-refractivity contribution in [1.82, 2.24) is 5.32 Å². The summed E-state index contributed by atoms with van der Waals surface area (Å²) in [5, 5.41) is 6.30. The zero-order chi connectivity index (χ0) is 14.4. The predicted molar refractivity (Wildman–Crippen MR) is 87.2 cm³/mol. The van der Waals surface area contributed by atoms with Gasteiger partial charge in [0.15, 0.2) is 0 Å². The molecule has 112 valence electrons. The molecule has 0 spiro atoms. The van der Waals surface area contributed by atoms with Gasteiger partial charge in [-0.05, 0) is 74.5 Å². The maximum Gasteiger partial charge on any atom is 0.319 e. The van der Waals surface area contributed by atoms with Crippen LogP contribution in [-0.4, -0.2) is 11.6 Å². The van der Waals surface area contributed by atoms with E-state index in [0.29, 0.717) is 0 Å². The molecule has 0 saturated heterocycles. The average Bonchev–Trinajstić information content (AvgIpc) is 2.35. The third kappa shape index (κ3) is 2.70. The van der Waals surface area contributed by atoms with Crippen molar-refractivity contribution in [2.45, 2.75) is 44.1 Å². The number of hydrogen-bond acceptors (Lipinski definition) is 1. The Bertz CT molecular complexity index is 536. The zero-order valence-electron chi connectivity index (χ0n) is 12.1. The number of rotatable bonds is 2. The Labute approximate surface area is 134 Å².